The Morgan fingerprint density at radius 1 is 1.07 bits per heavy atom. The molecule has 6 rings (SSSR count). The van der Waals surface area contributed by atoms with Crippen LogP contribution in [0.3, 0.4) is 0 Å². The van der Waals surface area contributed by atoms with Crippen LogP contribution in [-0.4, -0.2) is 34.2 Å². The molecule has 5 fully saturated rings. The molecule has 5 aliphatic rings. The minimum Gasteiger partial charge on any atom is -0.508 e. The standard InChI is InChI=1S/C23H32O7/c1-13-4-5-19-14(2)20(26-12-16-8-15(11-24)9-17(25)10-16)27-21-23(19)18(13)6-7-22(3,28-21)29-30-23/h8-10,13-14,18-21,24-25H,4-7,11-12H2,1-3H3/t13-,14-,18+,19+,20+,21-,22+,23-/m1/s1. The Hall–Kier alpha value is -1.22. The van der Waals surface area contributed by atoms with E-state index in [0.29, 0.717) is 17.4 Å². The highest BCUT2D eigenvalue weighted by Crippen LogP contribution is 2.60. The topological polar surface area (TPSA) is 86.6 Å². The lowest BCUT2D eigenvalue weighted by Crippen LogP contribution is -2.70. The van der Waals surface area contributed by atoms with Gasteiger partial charge in [-0.05, 0) is 61.3 Å². The summed E-state index contributed by atoms with van der Waals surface area (Å²) in [5.41, 5.74) is 0.847. The maximum atomic E-state index is 9.89. The van der Waals surface area contributed by atoms with E-state index in [4.69, 9.17) is 24.0 Å². The van der Waals surface area contributed by atoms with Crippen molar-refractivity contribution in [1.82, 2.24) is 0 Å². The monoisotopic (exact) mass is 420 g/mol. The SMILES string of the molecule is C[C@H]1[C@@H](OCc2cc(O)cc(CO)c2)O[C@@H]2O[C@]3(C)CC[C@H]4[C@H](C)CC[C@@H]1[C@@]24OO3. The van der Waals surface area contributed by atoms with Crippen molar-refractivity contribution in [3.8, 4) is 5.75 Å². The molecular formula is C23H32O7. The van der Waals surface area contributed by atoms with Gasteiger partial charge in [-0.3, -0.25) is 0 Å². The van der Waals surface area contributed by atoms with Crippen molar-refractivity contribution in [2.45, 2.75) is 83.6 Å². The molecule has 7 nitrogen and oxygen atoms in total. The molecule has 2 N–H and O–H groups in total. The van der Waals surface area contributed by atoms with Crippen molar-refractivity contribution in [3.63, 3.8) is 0 Å². The number of hydrogen-bond acceptors (Lipinski definition) is 7. The summed E-state index contributed by atoms with van der Waals surface area (Å²) < 4.78 is 18.9. The van der Waals surface area contributed by atoms with Crippen molar-refractivity contribution >= 4 is 0 Å². The molecule has 4 aliphatic heterocycles. The van der Waals surface area contributed by atoms with Crippen molar-refractivity contribution in [2.24, 2.45) is 23.7 Å². The highest BCUT2D eigenvalue weighted by molar-refractivity contribution is 5.32. The van der Waals surface area contributed by atoms with E-state index in [0.717, 1.165) is 31.2 Å². The fraction of sp³-hybridized carbons (Fsp3) is 0.739. The zero-order valence-corrected chi connectivity index (χ0v) is 17.9. The fourth-order valence-corrected chi connectivity index (χ4v) is 6.16. The van der Waals surface area contributed by atoms with Gasteiger partial charge in [0.2, 0.25) is 5.79 Å². The second-order valence-electron chi connectivity index (χ2n) is 9.75. The fourth-order valence-electron chi connectivity index (χ4n) is 6.16. The molecule has 8 atom stereocenters. The second-order valence-corrected chi connectivity index (χ2v) is 9.75. The largest absolute Gasteiger partial charge is 0.508 e. The smallest absolute Gasteiger partial charge is 0.201 e. The molecule has 1 aliphatic carbocycles. The van der Waals surface area contributed by atoms with E-state index in [2.05, 4.69) is 13.8 Å². The molecule has 0 amide bonds. The van der Waals surface area contributed by atoms with Crippen LogP contribution in [0.25, 0.3) is 0 Å². The summed E-state index contributed by atoms with van der Waals surface area (Å²) in [6.07, 6.45) is 2.96. The molecule has 0 unspecified atom stereocenters. The zero-order chi connectivity index (χ0) is 21.1. The van der Waals surface area contributed by atoms with E-state index >= 15 is 0 Å². The van der Waals surface area contributed by atoms with Gasteiger partial charge in [-0.2, -0.15) is 0 Å². The molecule has 7 heteroatoms. The lowest BCUT2D eigenvalue weighted by atomic mass is 9.58. The highest BCUT2D eigenvalue weighted by Gasteiger charge is 2.69. The Morgan fingerprint density at radius 3 is 2.67 bits per heavy atom. The maximum absolute atomic E-state index is 9.89. The van der Waals surface area contributed by atoms with E-state index in [9.17, 15) is 10.2 Å². The Balaban J connectivity index is 1.40. The van der Waals surface area contributed by atoms with Gasteiger partial charge in [-0.25, -0.2) is 9.78 Å². The van der Waals surface area contributed by atoms with Gasteiger partial charge in [0, 0.05) is 18.3 Å². The van der Waals surface area contributed by atoms with Crippen molar-refractivity contribution in [2.75, 3.05) is 0 Å². The summed E-state index contributed by atoms with van der Waals surface area (Å²) in [6.45, 7) is 6.50. The number of rotatable bonds is 4. The lowest BCUT2D eigenvalue weighted by molar-refractivity contribution is -0.577. The van der Waals surface area contributed by atoms with Gasteiger partial charge < -0.3 is 24.4 Å². The molecule has 166 valence electrons. The first-order valence-electron chi connectivity index (χ1n) is 11.1. The lowest BCUT2D eigenvalue weighted by Gasteiger charge is -2.60. The molecule has 1 spiro atoms. The summed E-state index contributed by atoms with van der Waals surface area (Å²) in [6, 6.07) is 5.02. The first-order valence-corrected chi connectivity index (χ1v) is 11.1. The number of phenols is 1. The Labute approximate surface area is 177 Å². The summed E-state index contributed by atoms with van der Waals surface area (Å²) >= 11 is 0. The number of hydrogen-bond donors (Lipinski definition) is 2. The summed E-state index contributed by atoms with van der Waals surface area (Å²) in [4.78, 5) is 12.0. The third-order valence-electron chi connectivity index (χ3n) is 7.73. The number of fused-ring (bicyclic) bond motifs is 2. The van der Waals surface area contributed by atoms with Crippen LogP contribution in [0.5, 0.6) is 5.75 Å². The first-order chi connectivity index (χ1) is 14.3. The second kappa shape index (κ2) is 7.43. The predicted molar refractivity (Wildman–Crippen MR) is 106 cm³/mol. The Morgan fingerprint density at radius 2 is 1.87 bits per heavy atom. The van der Waals surface area contributed by atoms with Crippen LogP contribution in [0.2, 0.25) is 0 Å². The van der Waals surface area contributed by atoms with Gasteiger partial charge in [0.1, 0.15) is 5.75 Å². The molecular weight excluding hydrogens is 388 g/mol. The number of ether oxygens (including phenoxy) is 3. The molecule has 1 saturated carbocycles. The van der Waals surface area contributed by atoms with Gasteiger partial charge in [0.05, 0.1) is 13.2 Å². The molecule has 1 aromatic carbocycles. The van der Waals surface area contributed by atoms with Crippen LogP contribution in [0.4, 0.5) is 0 Å². The van der Waals surface area contributed by atoms with Crippen LogP contribution in [0.1, 0.15) is 57.6 Å². The predicted octanol–water partition coefficient (Wildman–Crippen LogP) is 3.61. The van der Waals surface area contributed by atoms with E-state index in [1.54, 1.807) is 12.1 Å². The number of aromatic hydroxyl groups is 1. The minimum absolute atomic E-state index is 0.0977. The van der Waals surface area contributed by atoms with Gasteiger partial charge in [-0.1, -0.05) is 19.9 Å². The summed E-state index contributed by atoms with van der Waals surface area (Å²) in [5.74, 6) is 0.469. The molecule has 4 heterocycles. The first kappa shape index (κ1) is 20.7. The normalized spacial score (nSPS) is 45.1. The molecule has 0 aromatic heterocycles. The Bertz CT molecular complexity index is 800. The van der Waals surface area contributed by atoms with Crippen LogP contribution in [-0.2, 0) is 37.2 Å². The third kappa shape index (κ3) is 3.18. The van der Waals surface area contributed by atoms with Crippen LogP contribution < -0.4 is 0 Å². The number of aliphatic hydroxyl groups excluding tert-OH is 1. The average molecular weight is 421 g/mol. The van der Waals surface area contributed by atoms with Crippen LogP contribution in [0, 0.1) is 23.7 Å². The number of phenolic OH excluding ortho intramolecular Hbond substituents is 1. The number of aliphatic hydroxyl groups is 1. The van der Waals surface area contributed by atoms with Crippen molar-refractivity contribution in [1.29, 1.82) is 0 Å². The van der Waals surface area contributed by atoms with E-state index in [1.807, 2.05) is 13.0 Å². The molecule has 30 heavy (non-hydrogen) atoms. The van der Waals surface area contributed by atoms with E-state index in [1.165, 1.54) is 0 Å². The van der Waals surface area contributed by atoms with Gasteiger partial charge in [0.25, 0.3) is 0 Å². The van der Waals surface area contributed by atoms with Crippen molar-refractivity contribution < 1.29 is 34.2 Å². The van der Waals surface area contributed by atoms with Crippen molar-refractivity contribution in [3.05, 3.63) is 29.3 Å². The van der Waals surface area contributed by atoms with Gasteiger partial charge in [-0.15, -0.1) is 0 Å². The highest BCUT2D eigenvalue weighted by atomic mass is 17.3. The minimum atomic E-state index is -0.802. The average Bonchev–Trinajstić information content (AvgIpc) is 2.95. The van der Waals surface area contributed by atoms with E-state index < -0.39 is 24.0 Å². The maximum Gasteiger partial charge on any atom is 0.201 e. The van der Waals surface area contributed by atoms with Crippen LogP contribution >= 0.6 is 0 Å². The molecule has 0 radical (unpaired) electrons. The Kier molecular flexibility index (Phi) is 5.12. The zero-order valence-electron chi connectivity index (χ0n) is 17.9. The van der Waals surface area contributed by atoms with E-state index in [-0.39, 0.29) is 30.8 Å². The number of benzene rings is 1. The van der Waals surface area contributed by atoms with Gasteiger partial charge in [0.15, 0.2) is 18.2 Å². The molecule has 4 saturated heterocycles. The summed E-state index contributed by atoms with van der Waals surface area (Å²) in [7, 11) is 0. The van der Waals surface area contributed by atoms with Gasteiger partial charge >= 0.3 is 0 Å². The third-order valence-corrected chi connectivity index (χ3v) is 7.73. The molecule has 1 aromatic rings. The summed E-state index contributed by atoms with van der Waals surface area (Å²) in [5, 5.41) is 19.3. The van der Waals surface area contributed by atoms with Crippen LogP contribution in [0.15, 0.2) is 18.2 Å². The molecule has 2 bridgehead atoms. The quantitative estimate of drug-likeness (QED) is 0.720.